The van der Waals surface area contributed by atoms with Crippen LogP contribution < -0.4 is 4.74 Å². The van der Waals surface area contributed by atoms with Crippen molar-refractivity contribution in [3.63, 3.8) is 0 Å². The fraction of sp³-hybridized carbons (Fsp3) is 0.238. The van der Waals surface area contributed by atoms with E-state index in [9.17, 15) is 18.5 Å². The Labute approximate surface area is 191 Å². The van der Waals surface area contributed by atoms with Gasteiger partial charge < -0.3 is 14.0 Å². The van der Waals surface area contributed by atoms with Crippen LogP contribution in [0.2, 0.25) is 10.0 Å². The zero-order chi connectivity index (χ0) is 23.5. The number of ether oxygens (including phenoxy) is 2. The van der Waals surface area contributed by atoms with Crippen molar-refractivity contribution in [3.05, 3.63) is 68.2 Å². The summed E-state index contributed by atoms with van der Waals surface area (Å²) in [6, 6.07) is 8.09. The highest BCUT2D eigenvalue weighted by molar-refractivity contribution is 6.39. The van der Waals surface area contributed by atoms with Crippen molar-refractivity contribution in [2.75, 3.05) is 13.2 Å². The molecule has 0 spiro atoms. The van der Waals surface area contributed by atoms with Crippen LogP contribution in [0.5, 0.6) is 5.75 Å². The lowest BCUT2D eigenvalue weighted by atomic mass is 10.1. The first-order valence-corrected chi connectivity index (χ1v) is 9.95. The van der Waals surface area contributed by atoms with Gasteiger partial charge in [-0.05, 0) is 42.4 Å². The quantitative estimate of drug-likeness (QED) is 0.200. The fourth-order valence-corrected chi connectivity index (χ4v) is 3.43. The number of alkyl halides is 2. The van der Waals surface area contributed by atoms with E-state index in [1.807, 2.05) is 0 Å². The molecule has 7 nitrogen and oxygen atoms in total. The molecule has 0 unspecified atom stereocenters. The smallest absolute Gasteiger partial charge is 0.344 e. The molecule has 11 heteroatoms. The van der Waals surface area contributed by atoms with Gasteiger partial charge >= 0.3 is 5.97 Å². The first-order valence-electron chi connectivity index (χ1n) is 9.19. The highest BCUT2D eigenvalue weighted by Crippen LogP contribution is 2.37. The van der Waals surface area contributed by atoms with Gasteiger partial charge in [0, 0.05) is 18.1 Å². The van der Waals surface area contributed by atoms with Gasteiger partial charge in [0.05, 0.1) is 10.0 Å². The summed E-state index contributed by atoms with van der Waals surface area (Å²) in [4.78, 5) is 23.6. The molecule has 3 aromatic rings. The molecule has 0 radical (unpaired) electrons. The molecular formula is C21H16Cl2F2N2O5. The molecule has 1 aromatic heterocycles. The first kappa shape index (κ1) is 23.6. The number of aryl methyl sites for hydroxylation is 1. The van der Waals surface area contributed by atoms with Crippen LogP contribution in [0.4, 0.5) is 14.5 Å². The van der Waals surface area contributed by atoms with E-state index in [2.05, 4.69) is 10.3 Å². The third-order valence-corrected chi connectivity index (χ3v) is 5.03. The van der Waals surface area contributed by atoms with E-state index < -0.39 is 11.9 Å². The van der Waals surface area contributed by atoms with Crippen LogP contribution >= 0.6 is 23.2 Å². The highest BCUT2D eigenvalue weighted by Gasteiger charge is 2.27. The maximum atomic E-state index is 13.4. The average Bonchev–Trinajstić information content (AvgIpc) is 3.11. The molecule has 0 aliphatic heterocycles. The van der Waals surface area contributed by atoms with Gasteiger partial charge in [-0.2, -0.15) is 0 Å². The van der Waals surface area contributed by atoms with Gasteiger partial charge in [-0.1, -0.05) is 34.4 Å². The number of hydrogen-bond donors (Lipinski definition) is 0. The van der Waals surface area contributed by atoms with E-state index in [0.29, 0.717) is 12.5 Å². The van der Waals surface area contributed by atoms with Crippen molar-refractivity contribution < 1.29 is 27.6 Å². The number of carbonyl (C=O) groups is 1. The standard InChI is InChI=1S/C21H16Cl2F2N2O5/c1-11-17(19(27-32-11)18-13(22)4-3-5-14(18)23)20(28)31-9-8-30-16-7-6-12(21(2,24)25)10-15(16)26-29/h3-7,10H,8-9H2,1-2H3. The maximum Gasteiger partial charge on any atom is 0.344 e. The van der Waals surface area contributed by atoms with Crippen LogP contribution in [0.25, 0.3) is 11.3 Å². The highest BCUT2D eigenvalue weighted by atomic mass is 35.5. The van der Waals surface area contributed by atoms with Gasteiger partial charge in [-0.15, -0.1) is 4.91 Å². The summed E-state index contributed by atoms with van der Waals surface area (Å²) in [6.45, 7) is 1.85. The maximum absolute atomic E-state index is 13.4. The minimum atomic E-state index is -3.13. The molecule has 168 valence electrons. The van der Waals surface area contributed by atoms with E-state index in [1.165, 1.54) is 13.0 Å². The predicted molar refractivity (Wildman–Crippen MR) is 114 cm³/mol. The number of nitrogens with zero attached hydrogens (tertiary/aromatic N) is 2. The molecule has 1 heterocycles. The summed E-state index contributed by atoms with van der Waals surface area (Å²) in [7, 11) is 0. The molecule has 0 fully saturated rings. The third kappa shape index (κ3) is 5.05. The Balaban J connectivity index is 1.68. The lowest BCUT2D eigenvalue weighted by Crippen LogP contribution is -2.14. The molecule has 3 rings (SSSR count). The van der Waals surface area contributed by atoms with Gasteiger partial charge in [0.1, 0.15) is 41.7 Å². The summed E-state index contributed by atoms with van der Waals surface area (Å²) in [6.07, 6.45) is 0. The second-order valence-corrected chi connectivity index (χ2v) is 7.52. The van der Waals surface area contributed by atoms with Crippen LogP contribution in [-0.2, 0) is 10.7 Å². The Morgan fingerprint density at radius 2 is 1.88 bits per heavy atom. The molecule has 0 atom stereocenters. The second-order valence-electron chi connectivity index (χ2n) is 6.71. The van der Waals surface area contributed by atoms with Crippen molar-refractivity contribution in [1.82, 2.24) is 5.16 Å². The minimum absolute atomic E-state index is 0.0197. The molecule has 0 aliphatic rings. The normalized spacial score (nSPS) is 11.3. The Kier molecular flexibility index (Phi) is 7.10. The molecule has 0 saturated heterocycles. The number of carbonyl (C=O) groups excluding carboxylic acids is 1. The minimum Gasteiger partial charge on any atom is -0.488 e. The third-order valence-electron chi connectivity index (χ3n) is 4.40. The van der Waals surface area contributed by atoms with Crippen molar-refractivity contribution >= 4 is 34.9 Å². The largest absolute Gasteiger partial charge is 0.488 e. The van der Waals surface area contributed by atoms with Gasteiger partial charge in [-0.25, -0.2) is 13.6 Å². The number of aromatic nitrogens is 1. The molecule has 0 saturated carbocycles. The molecule has 32 heavy (non-hydrogen) atoms. The monoisotopic (exact) mass is 484 g/mol. The zero-order valence-electron chi connectivity index (χ0n) is 16.8. The topological polar surface area (TPSA) is 91.0 Å². The van der Waals surface area contributed by atoms with Crippen LogP contribution in [0, 0.1) is 11.8 Å². The Hall–Kier alpha value is -3.04. The van der Waals surface area contributed by atoms with Crippen LogP contribution in [0.3, 0.4) is 0 Å². The lowest BCUT2D eigenvalue weighted by molar-refractivity contribution is 0.0174. The molecule has 0 N–H and O–H groups in total. The molecule has 0 amide bonds. The molecule has 0 aliphatic carbocycles. The predicted octanol–water partition coefficient (Wildman–Crippen LogP) is 6.70. The second kappa shape index (κ2) is 9.62. The van der Waals surface area contributed by atoms with E-state index >= 15 is 0 Å². The number of halogens is 4. The van der Waals surface area contributed by atoms with Gasteiger partial charge in [0.25, 0.3) is 5.92 Å². The number of benzene rings is 2. The van der Waals surface area contributed by atoms with Gasteiger partial charge in [0.2, 0.25) is 0 Å². The first-order chi connectivity index (χ1) is 15.1. The van der Waals surface area contributed by atoms with E-state index in [0.717, 1.165) is 12.1 Å². The van der Waals surface area contributed by atoms with Crippen LogP contribution in [0.1, 0.15) is 28.6 Å². The number of rotatable bonds is 8. The average molecular weight is 485 g/mol. The molecular weight excluding hydrogens is 469 g/mol. The van der Waals surface area contributed by atoms with Crippen molar-refractivity contribution in [2.24, 2.45) is 5.18 Å². The zero-order valence-corrected chi connectivity index (χ0v) is 18.3. The van der Waals surface area contributed by atoms with Gasteiger partial charge in [-0.3, -0.25) is 0 Å². The summed E-state index contributed by atoms with van der Waals surface area (Å²) in [5.74, 6) is -3.71. The van der Waals surface area contributed by atoms with Crippen LogP contribution in [-0.4, -0.2) is 24.3 Å². The Morgan fingerprint density at radius 3 is 2.50 bits per heavy atom. The van der Waals surface area contributed by atoms with E-state index in [-0.39, 0.29) is 57.3 Å². The lowest BCUT2D eigenvalue weighted by Gasteiger charge is -2.13. The summed E-state index contributed by atoms with van der Waals surface area (Å²) < 4.78 is 42.5. The Morgan fingerprint density at radius 1 is 1.19 bits per heavy atom. The Bertz CT molecular complexity index is 1140. The number of nitroso groups, excluding NO2 is 1. The summed E-state index contributed by atoms with van der Waals surface area (Å²) >= 11 is 12.4. The van der Waals surface area contributed by atoms with Crippen LogP contribution in [0.15, 0.2) is 46.1 Å². The number of esters is 1. The van der Waals surface area contributed by atoms with E-state index in [4.69, 9.17) is 37.2 Å². The summed E-state index contributed by atoms with van der Waals surface area (Å²) in [5.41, 5.74) is -0.164. The summed E-state index contributed by atoms with van der Waals surface area (Å²) in [5, 5.41) is 7.13. The molecule has 2 aromatic carbocycles. The van der Waals surface area contributed by atoms with E-state index in [1.54, 1.807) is 18.2 Å². The fourth-order valence-electron chi connectivity index (χ4n) is 2.85. The van der Waals surface area contributed by atoms with Gasteiger partial charge in [0.15, 0.2) is 0 Å². The van der Waals surface area contributed by atoms with Crippen molar-refractivity contribution in [1.29, 1.82) is 0 Å². The van der Waals surface area contributed by atoms with Crippen molar-refractivity contribution in [3.8, 4) is 17.0 Å². The molecule has 0 bridgehead atoms. The number of hydrogen-bond acceptors (Lipinski definition) is 7. The van der Waals surface area contributed by atoms with Crippen molar-refractivity contribution in [2.45, 2.75) is 19.8 Å². The SMILES string of the molecule is Cc1onc(-c2c(Cl)cccc2Cl)c1C(=O)OCCOc1ccc(C(C)(F)F)cc1N=O.